The molecule has 2 aromatic rings. The van der Waals surface area contributed by atoms with E-state index in [1.54, 1.807) is 24.5 Å². The molecule has 0 radical (unpaired) electrons. The number of rotatable bonds is 4. The number of halogens is 1. The molecular formula is C11H11ClN2O2. The molecule has 2 rings (SSSR count). The summed E-state index contributed by atoms with van der Waals surface area (Å²) in [6.07, 6.45) is 2.58. The van der Waals surface area contributed by atoms with Gasteiger partial charge in [-0.1, -0.05) is 0 Å². The average molecular weight is 239 g/mol. The second-order valence-corrected chi connectivity index (χ2v) is 3.87. The number of carboxylic acid groups (broad SMARTS) is 1. The fraction of sp³-hybridized carbons (Fsp3) is 0.273. The lowest BCUT2D eigenvalue weighted by molar-refractivity contribution is 0.0697. The van der Waals surface area contributed by atoms with Gasteiger partial charge in [-0.3, -0.25) is 0 Å². The number of fused-ring (bicyclic) bond motifs is 1. The molecule has 5 heteroatoms. The highest BCUT2D eigenvalue weighted by atomic mass is 35.5. The zero-order valence-electron chi connectivity index (χ0n) is 8.56. The van der Waals surface area contributed by atoms with E-state index < -0.39 is 5.97 Å². The largest absolute Gasteiger partial charge is 0.478 e. The van der Waals surface area contributed by atoms with Gasteiger partial charge in [0.2, 0.25) is 0 Å². The Kier molecular flexibility index (Phi) is 3.10. The van der Waals surface area contributed by atoms with Crippen LogP contribution in [-0.4, -0.2) is 26.5 Å². The predicted molar refractivity (Wildman–Crippen MR) is 62.0 cm³/mol. The molecule has 4 nitrogen and oxygen atoms in total. The molecule has 0 spiro atoms. The maximum absolute atomic E-state index is 10.8. The fourth-order valence-corrected chi connectivity index (χ4v) is 1.72. The van der Waals surface area contributed by atoms with E-state index >= 15 is 0 Å². The second-order valence-electron chi connectivity index (χ2n) is 3.49. The van der Waals surface area contributed by atoms with Crippen molar-refractivity contribution in [1.82, 2.24) is 9.55 Å². The van der Waals surface area contributed by atoms with E-state index in [4.69, 9.17) is 16.7 Å². The van der Waals surface area contributed by atoms with Crippen LogP contribution in [0.4, 0.5) is 0 Å². The molecule has 1 heterocycles. The summed E-state index contributed by atoms with van der Waals surface area (Å²) in [5, 5.41) is 8.84. The summed E-state index contributed by atoms with van der Waals surface area (Å²) in [4.78, 5) is 14.9. The molecule has 84 valence electrons. The molecular weight excluding hydrogens is 228 g/mol. The second kappa shape index (κ2) is 4.53. The van der Waals surface area contributed by atoms with Crippen molar-refractivity contribution in [3.8, 4) is 0 Å². The van der Waals surface area contributed by atoms with Gasteiger partial charge in [0.1, 0.15) is 0 Å². The van der Waals surface area contributed by atoms with E-state index in [9.17, 15) is 4.79 Å². The third-order valence-electron chi connectivity index (χ3n) is 2.40. The summed E-state index contributed by atoms with van der Waals surface area (Å²) in [7, 11) is 0. The van der Waals surface area contributed by atoms with Crippen LogP contribution in [0.15, 0.2) is 24.5 Å². The van der Waals surface area contributed by atoms with Crippen LogP contribution in [0, 0.1) is 0 Å². The first-order chi connectivity index (χ1) is 7.72. The molecule has 16 heavy (non-hydrogen) atoms. The maximum atomic E-state index is 10.8. The van der Waals surface area contributed by atoms with Crippen molar-refractivity contribution < 1.29 is 9.90 Å². The summed E-state index contributed by atoms with van der Waals surface area (Å²) >= 11 is 5.62. The monoisotopic (exact) mass is 238 g/mol. The number of aryl methyl sites for hydroxylation is 1. The van der Waals surface area contributed by atoms with E-state index in [2.05, 4.69) is 4.98 Å². The summed E-state index contributed by atoms with van der Waals surface area (Å²) in [5.74, 6) is -0.329. The highest BCUT2D eigenvalue weighted by Gasteiger charge is 2.07. The van der Waals surface area contributed by atoms with Gasteiger partial charge in [0.25, 0.3) is 0 Å². The lowest BCUT2D eigenvalue weighted by Gasteiger charge is -2.02. The van der Waals surface area contributed by atoms with Crippen molar-refractivity contribution >= 4 is 28.6 Å². The highest BCUT2D eigenvalue weighted by Crippen LogP contribution is 2.15. The molecule has 0 atom stereocenters. The normalized spacial score (nSPS) is 10.8. The minimum atomic E-state index is -0.933. The molecule has 1 N–H and O–H groups in total. The van der Waals surface area contributed by atoms with Gasteiger partial charge in [-0.15, -0.1) is 11.6 Å². The van der Waals surface area contributed by atoms with Gasteiger partial charge < -0.3 is 9.67 Å². The van der Waals surface area contributed by atoms with Gasteiger partial charge in [-0.05, 0) is 24.6 Å². The Balaban J connectivity index is 2.38. The van der Waals surface area contributed by atoms with Crippen LogP contribution >= 0.6 is 11.6 Å². The van der Waals surface area contributed by atoms with Crippen LogP contribution in [0.2, 0.25) is 0 Å². The number of aromatic carboxylic acids is 1. The molecule has 0 aliphatic carbocycles. The van der Waals surface area contributed by atoms with Gasteiger partial charge in [-0.2, -0.15) is 0 Å². The number of hydrogen-bond donors (Lipinski definition) is 1. The van der Waals surface area contributed by atoms with Crippen LogP contribution < -0.4 is 0 Å². The smallest absolute Gasteiger partial charge is 0.335 e. The maximum Gasteiger partial charge on any atom is 0.335 e. The summed E-state index contributed by atoms with van der Waals surface area (Å²) in [6, 6.07) is 4.94. The molecule has 1 aromatic carbocycles. The minimum Gasteiger partial charge on any atom is -0.478 e. The standard InChI is InChI=1S/C11H11ClN2O2/c12-4-1-5-14-7-13-9-6-8(11(15)16)2-3-10(9)14/h2-3,6-7H,1,4-5H2,(H,15,16). The average Bonchev–Trinajstić information content (AvgIpc) is 2.68. The number of carbonyl (C=O) groups is 1. The van der Waals surface area contributed by atoms with Crippen LogP contribution in [0.1, 0.15) is 16.8 Å². The molecule has 0 fully saturated rings. The Morgan fingerprint density at radius 1 is 1.50 bits per heavy atom. The van der Waals surface area contributed by atoms with Crippen molar-refractivity contribution in [2.45, 2.75) is 13.0 Å². The zero-order valence-corrected chi connectivity index (χ0v) is 9.31. The lowest BCUT2D eigenvalue weighted by Crippen LogP contribution is -1.98. The fourth-order valence-electron chi connectivity index (χ4n) is 1.61. The number of benzene rings is 1. The van der Waals surface area contributed by atoms with Gasteiger partial charge in [0.15, 0.2) is 0 Å². The molecule has 0 amide bonds. The third-order valence-corrected chi connectivity index (χ3v) is 2.67. The summed E-state index contributed by atoms with van der Waals surface area (Å²) in [6.45, 7) is 0.798. The van der Waals surface area contributed by atoms with Crippen LogP contribution in [0.3, 0.4) is 0 Å². The summed E-state index contributed by atoms with van der Waals surface area (Å²) < 4.78 is 1.98. The molecule has 0 bridgehead atoms. The number of carboxylic acids is 1. The SMILES string of the molecule is O=C(O)c1ccc2c(c1)ncn2CCCCl. The predicted octanol–water partition coefficient (Wildman–Crippen LogP) is 2.36. The molecule has 0 aliphatic rings. The first-order valence-corrected chi connectivity index (χ1v) is 5.50. The Morgan fingerprint density at radius 3 is 3.00 bits per heavy atom. The Hall–Kier alpha value is -1.55. The van der Waals surface area contributed by atoms with Crippen molar-refractivity contribution in [3.63, 3.8) is 0 Å². The van der Waals surface area contributed by atoms with Gasteiger partial charge >= 0.3 is 5.97 Å². The number of hydrogen-bond acceptors (Lipinski definition) is 2. The lowest BCUT2D eigenvalue weighted by atomic mass is 10.2. The number of imidazole rings is 1. The number of alkyl halides is 1. The zero-order chi connectivity index (χ0) is 11.5. The molecule has 0 unspecified atom stereocenters. The van der Waals surface area contributed by atoms with Crippen LogP contribution in [0.25, 0.3) is 11.0 Å². The van der Waals surface area contributed by atoms with Crippen molar-refractivity contribution in [3.05, 3.63) is 30.1 Å². The van der Waals surface area contributed by atoms with E-state index in [0.717, 1.165) is 18.5 Å². The van der Waals surface area contributed by atoms with E-state index in [1.807, 2.05) is 4.57 Å². The van der Waals surface area contributed by atoms with Gasteiger partial charge in [0.05, 0.1) is 22.9 Å². The van der Waals surface area contributed by atoms with Crippen molar-refractivity contribution in [2.75, 3.05) is 5.88 Å². The number of aromatic nitrogens is 2. The van der Waals surface area contributed by atoms with Gasteiger partial charge in [-0.25, -0.2) is 9.78 Å². The highest BCUT2D eigenvalue weighted by molar-refractivity contribution is 6.17. The Bertz CT molecular complexity index is 522. The topological polar surface area (TPSA) is 55.1 Å². The Labute approximate surface area is 97.5 Å². The summed E-state index contributed by atoms with van der Waals surface area (Å²) in [5.41, 5.74) is 1.90. The first kappa shape index (κ1) is 11.0. The van der Waals surface area contributed by atoms with Gasteiger partial charge in [0, 0.05) is 12.4 Å². The molecule has 0 saturated heterocycles. The van der Waals surface area contributed by atoms with Crippen LogP contribution in [-0.2, 0) is 6.54 Å². The molecule has 0 aliphatic heterocycles. The quantitative estimate of drug-likeness (QED) is 0.832. The van der Waals surface area contributed by atoms with Crippen LogP contribution in [0.5, 0.6) is 0 Å². The minimum absolute atomic E-state index is 0.259. The molecule has 0 saturated carbocycles. The van der Waals surface area contributed by atoms with Crippen molar-refractivity contribution in [2.24, 2.45) is 0 Å². The van der Waals surface area contributed by atoms with E-state index in [-0.39, 0.29) is 5.56 Å². The van der Waals surface area contributed by atoms with E-state index in [0.29, 0.717) is 11.4 Å². The third kappa shape index (κ3) is 2.02. The number of nitrogens with zero attached hydrogens (tertiary/aromatic N) is 2. The van der Waals surface area contributed by atoms with Crippen molar-refractivity contribution in [1.29, 1.82) is 0 Å². The van der Waals surface area contributed by atoms with E-state index in [1.165, 1.54) is 0 Å². The first-order valence-electron chi connectivity index (χ1n) is 4.96. The Morgan fingerprint density at radius 2 is 2.31 bits per heavy atom. The molecule has 1 aromatic heterocycles.